The normalized spacial score (nSPS) is 13.0. The topological polar surface area (TPSA) is 245 Å². The Bertz CT molecular complexity index is 2480. The summed E-state index contributed by atoms with van der Waals surface area (Å²) in [4.78, 5) is 84.4. The molecule has 2 aromatic heterocycles. The first-order valence-electron chi connectivity index (χ1n) is 24.3. The predicted octanol–water partition coefficient (Wildman–Crippen LogP) is 7.70. The smallest absolute Gasteiger partial charge is 0.444 e. The minimum atomic E-state index is -4.32. The number of aromatic amines is 2. The summed E-state index contributed by atoms with van der Waals surface area (Å²) in [6.07, 6.45) is 4.08. The second kappa shape index (κ2) is 29.4. The van der Waals surface area contributed by atoms with E-state index in [0.29, 0.717) is 31.5 Å². The van der Waals surface area contributed by atoms with Crippen LogP contribution in [0.3, 0.4) is 0 Å². The number of rotatable bonds is 27. The van der Waals surface area contributed by atoms with Gasteiger partial charge in [-0.2, -0.15) is 0 Å². The van der Waals surface area contributed by atoms with Gasteiger partial charge in [0.1, 0.15) is 23.4 Å². The summed E-state index contributed by atoms with van der Waals surface area (Å²) >= 11 is 5.96. The molecule has 5 amide bonds. The number of unbranched alkanes of at least 4 members (excludes halogenated alkanes) is 3. The highest BCUT2D eigenvalue weighted by Gasteiger charge is 2.30. The molecule has 5 rings (SSSR count). The van der Waals surface area contributed by atoms with Crippen LogP contribution in [0.15, 0.2) is 85.1 Å². The summed E-state index contributed by atoms with van der Waals surface area (Å²) in [7, 11) is -4.32. The second-order valence-corrected chi connectivity index (χ2v) is 19.6. The summed E-state index contributed by atoms with van der Waals surface area (Å²) < 4.78 is 27.7. The molecular weight excluding hydrogens is 951 g/mol. The van der Waals surface area contributed by atoms with Crippen LogP contribution in [0, 0.1) is 0 Å². The van der Waals surface area contributed by atoms with Crippen LogP contribution in [0.2, 0.25) is 5.02 Å². The number of hydrogen-bond acceptors (Lipinski definition) is 10. The molecule has 0 saturated heterocycles. The van der Waals surface area contributed by atoms with Gasteiger partial charge >= 0.3 is 13.9 Å². The number of phosphoric ester groups is 1. The highest BCUT2D eigenvalue weighted by molar-refractivity contribution is 7.47. The Hall–Kier alpha value is -5.91. The van der Waals surface area contributed by atoms with Crippen LogP contribution in [0.1, 0.15) is 91.3 Å². The number of nitrogens with one attached hydrogen (secondary N) is 7. The number of amides is 5. The van der Waals surface area contributed by atoms with Gasteiger partial charge in [-0.25, -0.2) is 9.36 Å². The Morgan fingerprint density at radius 1 is 0.746 bits per heavy atom. The van der Waals surface area contributed by atoms with Crippen molar-refractivity contribution in [2.75, 3.05) is 45.9 Å². The molecule has 0 radical (unpaired) electrons. The van der Waals surface area contributed by atoms with E-state index in [0.717, 1.165) is 33.8 Å². The van der Waals surface area contributed by atoms with Gasteiger partial charge in [0.15, 0.2) is 0 Å². The Kier molecular flexibility index (Phi) is 23.9. The van der Waals surface area contributed by atoms with Crippen molar-refractivity contribution in [1.82, 2.24) is 41.5 Å². The van der Waals surface area contributed by atoms with Crippen molar-refractivity contribution in [3.63, 3.8) is 0 Å². The van der Waals surface area contributed by atoms with Gasteiger partial charge in [-0.05, 0) is 101 Å². The molecule has 388 valence electrons. The van der Waals surface area contributed by atoms with Gasteiger partial charge in [-0.3, -0.25) is 28.6 Å². The molecule has 0 aliphatic carbocycles. The molecule has 0 fully saturated rings. The van der Waals surface area contributed by atoms with E-state index in [-0.39, 0.29) is 68.0 Å². The molecule has 20 heteroatoms. The summed E-state index contributed by atoms with van der Waals surface area (Å²) in [5.74, 6) is -1.76. The molecular formula is C51H72ClN8O10P. The van der Waals surface area contributed by atoms with Gasteiger partial charge < -0.3 is 50.7 Å². The van der Waals surface area contributed by atoms with Gasteiger partial charge in [0, 0.05) is 60.7 Å². The fourth-order valence-electron chi connectivity index (χ4n) is 7.37. The fraction of sp³-hybridized carbons (Fsp3) is 0.471. The summed E-state index contributed by atoms with van der Waals surface area (Å²) in [5.41, 5.74) is 2.41. The monoisotopic (exact) mass is 1020 g/mol. The number of carbonyl (C=O) groups is 5. The van der Waals surface area contributed by atoms with Crippen LogP contribution in [0.4, 0.5) is 4.79 Å². The van der Waals surface area contributed by atoms with E-state index >= 15 is 0 Å². The van der Waals surface area contributed by atoms with E-state index in [2.05, 4.69) is 62.2 Å². The van der Waals surface area contributed by atoms with E-state index in [1.807, 2.05) is 54.6 Å². The molecule has 2 heterocycles. The van der Waals surface area contributed by atoms with Crippen molar-refractivity contribution >= 4 is 71.0 Å². The van der Waals surface area contributed by atoms with Crippen LogP contribution in [0.25, 0.3) is 21.8 Å². The lowest BCUT2D eigenvalue weighted by Crippen LogP contribution is -2.55. The zero-order valence-corrected chi connectivity index (χ0v) is 43.4. The number of nitrogens with zero attached hydrogens (tertiary/aromatic N) is 1. The lowest BCUT2D eigenvalue weighted by molar-refractivity contribution is -0.130. The van der Waals surface area contributed by atoms with Crippen molar-refractivity contribution < 1.29 is 47.2 Å². The van der Waals surface area contributed by atoms with Gasteiger partial charge in [0.05, 0.1) is 18.2 Å². The Labute approximate surface area is 421 Å². The lowest BCUT2D eigenvalue weighted by Gasteiger charge is -2.25. The van der Waals surface area contributed by atoms with Gasteiger partial charge in [0.2, 0.25) is 23.6 Å². The molecule has 8 N–H and O–H groups in total. The van der Waals surface area contributed by atoms with Crippen LogP contribution >= 0.6 is 19.4 Å². The quantitative estimate of drug-likeness (QED) is 0.0187. The third kappa shape index (κ3) is 21.1. The largest absolute Gasteiger partial charge is 0.527 e. The van der Waals surface area contributed by atoms with Gasteiger partial charge in [-0.1, -0.05) is 93.7 Å². The van der Waals surface area contributed by atoms with E-state index < -0.39 is 43.4 Å². The third-order valence-corrected chi connectivity index (χ3v) is 12.4. The minimum Gasteiger partial charge on any atom is -0.444 e. The standard InChI is InChI=1S/C45H57ClN7O10P.C6H15N/c1-45(2,3)62-44(58)53-38(27-32-25-30-15-6-9-18-35(30)51-32)43(57)52-37(26-31-28-49-36-19-10-7-16-33(31)36)42(56)48-23-14-21-40(54)50-29-41(55)47-22-12-4-5-13-24-61-64(59,60)63-39-20-11-8-17-34(39)46;1-4-7(5-2)6-3/h6-11,15-20,25,28,37-38,49,51H,4-5,12-14,21-24,26-27,29H2,1-3H3,(H,47,55)(H,48,56)(H,50,54)(H,52,57)(H,53,58)(H,59,60);4-6H2,1-3H3/t37-,38-;/m1./s1. The molecule has 3 atom stereocenters. The molecule has 1 unspecified atom stereocenters. The highest BCUT2D eigenvalue weighted by Crippen LogP contribution is 2.45. The minimum absolute atomic E-state index is 0.00504. The number of halogens is 1. The maximum Gasteiger partial charge on any atom is 0.527 e. The van der Waals surface area contributed by atoms with Crippen molar-refractivity contribution in [2.24, 2.45) is 0 Å². The van der Waals surface area contributed by atoms with Crippen LogP contribution in [-0.2, 0) is 45.8 Å². The number of benzene rings is 3. The first-order chi connectivity index (χ1) is 33.9. The van der Waals surface area contributed by atoms with E-state index in [9.17, 15) is 33.4 Å². The number of H-pyrrole nitrogens is 2. The van der Waals surface area contributed by atoms with Crippen molar-refractivity contribution in [3.05, 3.63) is 101 Å². The van der Waals surface area contributed by atoms with E-state index in [1.165, 1.54) is 31.8 Å². The SMILES string of the molecule is CC(C)(C)OC(=O)N[C@H](Cc1cc2ccccc2[nH]1)C(=O)N[C@H](Cc1c[nH]c2ccccc12)C(=O)NCCCC(=O)NCC(=O)NCCCCCCOP(=O)(O)Oc1ccccc1Cl.CCN(CC)CC. The number of hydrogen-bond donors (Lipinski definition) is 8. The molecule has 0 spiro atoms. The van der Waals surface area contributed by atoms with Gasteiger partial charge in [-0.15, -0.1) is 0 Å². The average Bonchev–Trinajstić information content (AvgIpc) is 3.94. The summed E-state index contributed by atoms with van der Waals surface area (Å²) in [6, 6.07) is 21.3. The third-order valence-electron chi connectivity index (χ3n) is 11.1. The molecule has 0 aliphatic rings. The van der Waals surface area contributed by atoms with Crippen LogP contribution in [0.5, 0.6) is 5.75 Å². The number of fused-ring (bicyclic) bond motifs is 2. The number of phosphoric acid groups is 1. The Balaban J connectivity index is 0.00000145. The van der Waals surface area contributed by atoms with Crippen LogP contribution in [-0.4, -0.2) is 113 Å². The molecule has 0 aliphatic heterocycles. The zero-order valence-electron chi connectivity index (χ0n) is 41.7. The Morgan fingerprint density at radius 3 is 2.08 bits per heavy atom. The van der Waals surface area contributed by atoms with E-state index in [1.54, 1.807) is 39.1 Å². The number of alkyl carbamates (subject to hydrolysis) is 1. The maximum atomic E-state index is 14.0. The predicted molar refractivity (Wildman–Crippen MR) is 277 cm³/mol. The first kappa shape index (κ1) is 57.7. The molecule has 0 bridgehead atoms. The zero-order chi connectivity index (χ0) is 51.8. The fourth-order valence-corrected chi connectivity index (χ4v) is 8.41. The molecule has 3 aromatic carbocycles. The average molecular weight is 1020 g/mol. The van der Waals surface area contributed by atoms with Crippen molar-refractivity contribution in [2.45, 2.75) is 111 Å². The Morgan fingerprint density at radius 2 is 1.39 bits per heavy atom. The molecule has 5 aromatic rings. The van der Waals surface area contributed by atoms with Crippen molar-refractivity contribution in [1.29, 1.82) is 0 Å². The molecule has 0 saturated carbocycles. The lowest BCUT2D eigenvalue weighted by atomic mass is 10.0. The van der Waals surface area contributed by atoms with E-state index in [4.69, 9.17) is 25.4 Å². The second-order valence-electron chi connectivity index (χ2n) is 17.8. The maximum absolute atomic E-state index is 14.0. The first-order valence-corrected chi connectivity index (χ1v) is 26.1. The number of carbonyl (C=O) groups excluding carboxylic acids is 5. The van der Waals surface area contributed by atoms with Crippen LogP contribution < -0.4 is 31.1 Å². The molecule has 18 nitrogen and oxygen atoms in total. The number of ether oxygens (including phenoxy) is 1. The molecule has 71 heavy (non-hydrogen) atoms. The summed E-state index contributed by atoms with van der Waals surface area (Å²) in [6.45, 7) is 15.6. The summed E-state index contributed by atoms with van der Waals surface area (Å²) in [5, 5.41) is 15.7. The highest BCUT2D eigenvalue weighted by atomic mass is 35.5. The number of aromatic nitrogens is 2. The number of para-hydroxylation sites is 3. The van der Waals surface area contributed by atoms with Crippen molar-refractivity contribution in [3.8, 4) is 5.75 Å². The van der Waals surface area contributed by atoms with Gasteiger partial charge in [0.25, 0.3) is 0 Å².